The summed E-state index contributed by atoms with van der Waals surface area (Å²) in [6, 6.07) is 0.666. The molecule has 1 N–H and O–H groups in total. The molecule has 0 bridgehead atoms. The maximum Gasteiger partial charge on any atom is 0.0194 e. The van der Waals surface area contributed by atoms with Crippen molar-refractivity contribution in [3.63, 3.8) is 0 Å². The smallest absolute Gasteiger partial charge is 0.0194 e. The average molecular weight is 271 g/mol. The van der Waals surface area contributed by atoms with Crippen LogP contribution >= 0.6 is 0 Å². The largest absolute Gasteiger partial charge is 0.316 e. The molecule has 3 heteroatoms. The summed E-state index contributed by atoms with van der Waals surface area (Å²) < 4.78 is 0. The molecule has 3 nitrogen and oxygen atoms in total. The van der Waals surface area contributed by atoms with E-state index < -0.39 is 0 Å². The van der Waals surface area contributed by atoms with Crippen molar-refractivity contribution in [2.75, 3.05) is 46.8 Å². The summed E-state index contributed by atoms with van der Waals surface area (Å²) >= 11 is 0. The first kappa shape index (κ1) is 18.9. The van der Waals surface area contributed by atoms with Crippen molar-refractivity contribution in [3.05, 3.63) is 0 Å². The number of likely N-dealkylation sites (N-methyl/N-ethyl adjacent to an activating group) is 2. The molecule has 0 amide bonds. The minimum absolute atomic E-state index is 0.666. The number of hydrogen-bond acceptors (Lipinski definition) is 3. The summed E-state index contributed by atoms with van der Waals surface area (Å²) in [4.78, 5) is 4.88. The normalized spacial score (nSPS) is 13.7. The monoisotopic (exact) mass is 271 g/mol. The van der Waals surface area contributed by atoms with Gasteiger partial charge in [-0.1, -0.05) is 27.2 Å². The lowest BCUT2D eigenvalue weighted by Crippen LogP contribution is -2.40. The van der Waals surface area contributed by atoms with Crippen LogP contribution in [0.15, 0.2) is 0 Å². The Morgan fingerprint density at radius 1 is 1.00 bits per heavy atom. The second-order valence-corrected chi connectivity index (χ2v) is 6.40. The third kappa shape index (κ3) is 11.4. The summed E-state index contributed by atoms with van der Waals surface area (Å²) in [6.07, 6.45) is 3.98. The fourth-order valence-electron chi connectivity index (χ4n) is 2.47. The highest BCUT2D eigenvalue weighted by Gasteiger charge is 2.11. The highest BCUT2D eigenvalue weighted by Crippen LogP contribution is 2.04. The van der Waals surface area contributed by atoms with Gasteiger partial charge in [0.2, 0.25) is 0 Å². The van der Waals surface area contributed by atoms with Gasteiger partial charge in [-0.15, -0.1) is 0 Å². The lowest BCUT2D eigenvalue weighted by Gasteiger charge is -2.29. The van der Waals surface area contributed by atoms with Gasteiger partial charge in [0.15, 0.2) is 0 Å². The minimum Gasteiger partial charge on any atom is -0.316 e. The summed E-state index contributed by atoms with van der Waals surface area (Å²) in [7, 11) is 4.31. The van der Waals surface area contributed by atoms with Gasteiger partial charge in [0.1, 0.15) is 0 Å². The van der Waals surface area contributed by atoms with Crippen molar-refractivity contribution in [2.45, 2.75) is 53.0 Å². The van der Waals surface area contributed by atoms with Crippen molar-refractivity contribution in [3.8, 4) is 0 Å². The van der Waals surface area contributed by atoms with Crippen molar-refractivity contribution in [1.29, 1.82) is 0 Å². The summed E-state index contributed by atoms with van der Waals surface area (Å²) in [5, 5.41) is 3.52. The third-order valence-electron chi connectivity index (χ3n) is 3.51. The van der Waals surface area contributed by atoms with Crippen molar-refractivity contribution in [2.24, 2.45) is 5.92 Å². The second-order valence-electron chi connectivity index (χ2n) is 6.40. The maximum atomic E-state index is 3.52. The molecule has 0 aromatic carbocycles. The van der Waals surface area contributed by atoms with Gasteiger partial charge in [-0.05, 0) is 66.0 Å². The fraction of sp³-hybridized carbons (Fsp3) is 1.00. The number of rotatable bonds is 12. The van der Waals surface area contributed by atoms with Gasteiger partial charge >= 0.3 is 0 Å². The lowest BCUT2D eigenvalue weighted by atomic mass is 10.2. The van der Waals surface area contributed by atoms with E-state index in [1.807, 2.05) is 0 Å². The molecule has 1 unspecified atom stereocenters. The van der Waals surface area contributed by atoms with Gasteiger partial charge in [-0.2, -0.15) is 0 Å². The SMILES string of the molecule is CCN(CCCCCNCC(C)C)C(C)CN(C)C. The number of nitrogens with one attached hydrogen (secondary N) is 1. The Balaban J connectivity index is 3.56. The molecule has 1 atom stereocenters. The van der Waals surface area contributed by atoms with Crippen LogP contribution in [0.5, 0.6) is 0 Å². The highest BCUT2D eigenvalue weighted by atomic mass is 15.2. The van der Waals surface area contributed by atoms with Crippen LogP contribution in [-0.2, 0) is 0 Å². The molecule has 0 aromatic rings. The average Bonchev–Trinajstić information content (AvgIpc) is 2.31. The predicted octanol–water partition coefficient (Wildman–Crippen LogP) is 2.67. The van der Waals surface area contributed by atoms with Crippen LogP contribution in [-0.4, -0.2) is 62.7 Å². The highest BCUT2D eigenvalue weighted by molar-refractivity contribution is 4.68. The zero-order valence-corrected chi connectivity index (χ0v) is 14.2. The zero-order chi connectivity index (χ0) is 14.7. The Bertz CT molecular complexity index is 192. The topological polar surface area (TPSA) is 18.5 Å². The molecule has 0 radical (unpaired) electrons. The van der Waals surface area contributed by atoms with Crippen LogP contribution < -0.4 is 5.32 Å². The molecule has 0 spiro atoms. The van der Waals surface area contributed by atoms with E-state index in [0.29, 0.717) is 6.04 Å². The van der Waals surface area contributed by atoms with E-state index in [2.05, 4.69) is 56.9 Å². The molecule has 0 aliphatic rings. The first-order valence-corrected chi connectivity index (χ1v) is 8.06. The quantitative estimate of drug-likeness (QED) is 0.551. The van der Waals surface area contributed by atoms with E-state index >= 15 is 0 Å². The predicted molar refractivity (Wildman–Crippen MR) is 86.8 cm³/mol. The van der Waals surface area contributed by atoms with E-state index in [1.54, 1.807) is 0 Å². The van der Waals surface area contributed by atoms with E-state index in [1.165, 1.54) is 38.9 Å². The van der Waals surface area contributed by atoms with E-state index in [9.17, 15) is 0 Å². The van der Waals surface area contributed by atoms with Gasteiger partial charge in [-0.25, -0.2) is 0 Å². The molecular weight excluding hydrogens is 234 g/mol. The van der Waals surface area contributed by atoms with Crippen LogP contribution in [0.25, 0.3) is 0 Å². The Labute approximate surface area is 121 Å². The molecule has 0 fully saturated rings. The van der Waals surface area contributed by atoms with Crippen LogP contribution in [0.2, 0.25) is 0 Å². The van der Waals surface area contributed by atoms with Crippen LogP contribution in [0.3, 0.4) is 0 Å². The van der Waals surface area contributed by atoms with Crippen LogP contribution in [0.1, 0.15) is 47.0 Å². The molecular formula is C16H37N3. The van der Waals surface area contributed by atoms with E-state index in [0.717, 1.165) is 19.0 Å². The molecule has 0 aromatic heterocycles. The van der Waals surface area contributed by atoms with Gasteiger partial charge in [-0.3, -0.25) is 4.90 Å². The molecule has 0 saturated heterocycles. The zero-order valence-electron chi connectivity index (χ0n) is 14.2. The van der Waals surface area contributed by atoms with Gasteiger partial charge in [0.25, 0.3) is 0 Å². The molecule has 0 heterocycles. The Morgan fingerprint density at radius 3 is 2.21 bits per heavy atom. The van der Waals surface area contributed by atoms with Crippen LogP contribution in [0.4, 0.5) is 0 Å². The van der Waals surface area contributed by atoms with E-state index in [-0.39, 0.29) is 0 Å². The first-order valence-electron chi connectivity index (χ1n) is 8.06. The van der Waals surface area contributed by atoms with Gasteiger partial charge in [0.05, 0.1) is 0 Å². The number of nitrogens with zero attached hydrogens (tertiary/aromatic N) is 2. The first-order chi connectivity index (χ1) is 8.97. The second kappa shape index (κ2) is 11.7. The van der Waals surface area contributed by atoms with Gasteiger partial charge in [0, 0.05) is 12.6 Å². The van der Waals surface area contributed by atoms with Crippen LogP contribution in [0, 0.1) is 5.92 Å². The van der Waals surface area contributed by atoms with Crippen molar-refractivity contribution < 1.29 is 0 Å². The lowest BCUT2D eigenvalue weighted by molar-refractivity contribution is 0.178. The Hall–Kier alpha value is -0.120. The third-order valence-corrected chi connectivity index (χ3v) is 3.51. The molecule has 0 saturated carbocycles. The molecule has 0 rings (SSSR count). The van der Waals surface area contributed by atoms with E-state index in [4.69, 9.17) is 0 Å². The summed E-state index contributed by atoms with van der Waals surface area (Å²) in [5.41, 5.74) is 0. The Morgan fingerprint density at radius 2 is 1.68 bits per heavy atom. The number of unbranched alkanes of at least 4 members (excludes halogenated alkanes) is 2. The molecule has 19 heavy (non-hydrogen) atoms. The Kier molecular flexibility index (Phi) is 11.6. The summed E-state index contributed by atoms with van der Waals surface area (Å²) in [5.74, 6) is 0.766. The van der Waals surface area contributed by atoms with Crippen molar-refractivity contribution >= 4 is 0 Å². The molecule has 116 valence electrons. The minimum atomic E-state index is 0.666. The molecule has 0 aliphatic heterocycles. The summed E-state index contributed by atoms with van der Waals surface area (Å²) in [6.45, 7) is 15.0. The maximum absolute atomic E-state index is 3.52. The molecule has 0 aliphatic carbocycles. The standard InChI is InChI=1S/C16H37N3/c1-7-19(16(4)14-18(5)6)12-10-8-9-11-17-13-15(2)3/h15-17H,7-14H2,1-6H3. The van der Waals surface area contributed by atoms with Crippen molar-refractivity contribution in [1.82, 2.24) is 15.1 Å². The van der Waals surface area contributed by atoms with Gasteiger partial charge < -0.3 is 10.2 Å². The fourth-order valence-corrected chi connectivity index (χ4v) is 2.47. The number of hydrogen-bond donors (Lipinski definition) is 1.